The molecule has 170 valence electrons. The molecule has 0 fully saturated rings. The van der Waals surface area contributed by atoms with Gasteiger partial charge in [-0.05, 0) is 38.1 Å². The summed E-state index contributed by atoms with van der Waals surface area (Å²) in [6.45, 7) is 3.46. The number of ether oxygens (including phenoxy) is 2. The van der Waals surface area contributed by atoms with E-state index in [-0.39, 0.29) is 30.3 Å². The molecule has 0 aliphatic heterocycles. The van der Waals surface area contributed by atoms with E-state index in [1.54, 1.807) is 54.3 Å². The number of hydrogen-bond donors (Lipinski definition) is 2. The molecule has 0 radical (unpaired) electrons. The Kier molecular flexibility index (Phi) is 6.31. The van der Waals surface area contributed by atoms with Gasteiger partial charge < -0.3 is 24.4 Å². The predicted octanol–water partition coefficient (Wildman–Crippen LogP) is 3.19. The van der Waals surface area contributed by atoms with Crippen LogP contribution in [-0.4, -0.2) is 42.0 Å². The molecule has 33 heavy (non-hydrogen) atoms. The van der Waals surface area contributed by atoms with E-state index >= 15 is 0 Å². The van der Waals surface area contributed by atoms with Crippen molar-refractivity contribution in [3.8, 4) is 28.8 Å². The van der Waals surface area contributed by atoms with Crippen molar-refractivity contribution in [3.63, 3.8) is 0 Å². The molecule has 0 aliphatic rings. The molecule has 0 saturated heterocycles. The lowest BCUT2D eigenvalue weighted by atomic mass is 10.2. The summed E-state index contributed by atoms with van der Waals surface area (Å²) in [5.41, 5.74) is 0.780. The van der Waals surface area contributed by atoms with Crippen molar-refractivity contribution in [3.05, 3.63) is 60.2 Å². The molecule has 0 saturated carbocycles. The number of benzene rings is 1. The van der Waals surface area contributed by atoms with E-state index in [1.807, 2.05) is 13.8 Å². The monoisotopic (exact) mass is 450 g/mol. The maximum atomic E-state index is 12.8. The Bertz CT molecular complexity index is 1250. The van der Waals surface area contributed by atoms with Crippen LogP contribution < -0.4 is 14.8 Å². The maximum absolute atomic E-state index is 12.8. The number of aliphatic hydroxyl groups is 1. The van der Waals surface area contributed by atoms with Gasteiger partial charge in [0, 0.05) is 30.9 Å². The average Bonchev–Trinajstić information content (AvgIpc) is 3.42. The van der Waals surface area contributed by atoms with Crippen LogP contribution in [0.15, 0.2) is 53.3 Å². The Hall–Kier alpha value is -4.25. The number of aryl methyl sites for hydroxylation is 1. The van der Waals surface area contributed by atoms with Gasteiger partial charge in [0.25, 0.3) is 11.8 Å². The Labute approximate surface area is 189 Å². The van der Waals surface area contributed by atoms with Crippen LogP contribution >= 0.6 is 0 Å². The topological polar surface area (TPSA) is 137 Å². The number of pyridine rings is 1. The first-order valence-electron chi connectivity index (χ1n) is 10.1. The van der Waals surface area contributed by atoms with Gasteiger partial charge in [-0.15, -0.1) is 0 Å². The number of aliphatic hydroxyl groups excluding tert-OH is 1. The van der Waals surface area contributed by atoms with Crippen molar-refractivity contribution in [1.29, 1.82) is 0 Å². The summed E-state index contributed by atoms with van der Waals surface area (Å²) in [6.07, 6.45) is 3.13. The molecule has 0 aliphatic carbocycles. The zero-order valence-corrected chi connectivity index (χ0v) is 18.2. The van der Waals surface area contributed by atoms with Crippen LogP contribution in [0.25, 0.3) is 11.6 Å². The summed E-state index contributed by atoms with van der Waals surface area (Å²) in [4.78, 5) is 21.0. The number of nitrogens with zero attached hydrogens (tertiary/aromatic N) is 5. The summed E-state index contributed by atoms with van der Waals surface area (Å²) in [5, 5.41) is 19.6. The first-order valence-corrected chi connectivity index (χ1v) is 10.1. The lowest BCUT2D eigenvalue weighted by molar-refractivity contribution is 0.102. The summed E-state index contributed by atoms with van der Waals surface area (Å²) < 4.78 is 18.3. The van der Waals surface area contributed by atoms with Gasteiger partial charge in [0.2, 0.25) is 0 Å². The average molecular weight is 450 g/mol. The number of carbonyl (C=O) groups is 1. The largest absolute Gasteiger partial charge is 0.491 e. The van der Waals surface area contributed by atoms with Crippen molar-refractivity contribution >= 4 is 11.7 Å². The molecule has 2 N–H and O–H groups in total. The minimum atomic E-state index is -0.350. The third kappa shape index (κ3) is 5.52. The highest BCUT2D eigenvalue weighted by molar-refractivity contribution is 6.04. The van der Waals surface area contributed by atoms with Crippen molar-refractivity contribution in [2.45, 2.75) is 26.6 Å². The van der Waals surface area contributed by atoms with E-state index < -0.39 is 0 Å². The SMILES string of the molecule is CC(C)Oc1cc(Oc2ccc(-c3nc(CO)no3)nc2)cc(C(=O)Nc2ccn(C)n2)c1. The minimum absolute atomic E-state index is 0.0916. The van der Waals surface area contributed by atoms with Crippen LogP contribution in [0, 0.1) is 0 Å². The van der Waals surface area contributed by atoms with Gasteiger partial charge in [0.05, 0.1) is 12.3 Å². The maximum Gasteiger partial charge on any atom is 0.276 e. The van der Waals surface area contributed by atoms with Crippen molar-refractivity contribution < 1.29 is 23.9 Å². The number of hydrogen-bond acceptors (Lipinski definition) is 9. The van der Waals surface area contributed by atoms with E-state index in [4.69, 9.17) is 19.1 Å². The van der Waals surface area contributed by atoms with E-state index in [0.29, 0.717) is 34.3 Å². The number of nitrogens with one attached hydrogen (secondary N) is 1. The summed E-state index contributed by atoms with van der Waals surface area (Å²) in [5.74, 6) is 1.76. The Morgan fingerprint density at radius 3 is 2.64 bits per heavy atom. The van der Waals surface area contributed by atoms with Crippen molar-refractivity contribution in [2.24, 2.45) is 7.05 Å². The molecule has 0 spiro atoms. The van der Waals surface area contributed by atoms with Gasteiger partial charge in [-0.3, -0.25) is 9.48 Å². The van der Waals surface area contributed by atoms with E-state index in [1.165, 1.54) is 6.20 Å². The molecule has 1 aromatic carbocycles. The second-order valence-corrected chi connectivity index (χ2v) is 7.34. The molecule has 4 aromatic rings. The highest BCUT2D eigenvalue weighted by Gasteiger charge is 2.14. The Morgan fingerprint density at radius 1 is 1.18 bits per heavy atom. The van der Waals surface area contributed by atoms with Crippen LogP contribution in [0.3, 0.4) is 0 Å². The standard InChI is InChI=1S/C22H22N6O5/c1-13(2)31-16-8-14(21(30)24-19-6-7-28(3)26-19)9-17(10-16)32-15-4-5-18(23-11-15)22-25-20(12-29)27-33-22/h4-11,13,29H,12H2,1-3H3,(H,24,26,30). The number of rotatable bonds is 8. The fraction of sp³-hybridized carbons (Fsp3) is 0.227. The number of anilines is 1. The van der Waals surface area contributed by atoms with Crippen LogP contribution in [-0.2, 0) is 13.7 Å². The van der Waals surface area contributed by atoms with Gasteiger partial charge >= 0.3 is 0 Å². The molecule has 1 amide bonds. The van der Waals surface area contributed by atoms with Crippen LogP contribution in [0.1, 0.15) is 30.0 Å². The van der Waals surface area contributed by atoms with Crippen molar-refractivity contribution in [1.82, 2.24) is 24.9 Å². The molecular weight excluding hydrogens is 428 g/mol. The third-order valence-corrected chi connectivity index (χ3v) is 4.27. The summed E-state index contributed by atoms with van der Waals surface area (Å²) >= 11 is 0. The lowest BCUT2D eigenvalue weighted by Crippen LogP contribution is -2.13. The second-order valence-electron chi connectivity index (χ2n) is 7.34. The number of aromatic nitrogens is 5. The summed E-state index contributed by atoms with van der Waals surface area (Å²) in [6, 6.07) is 9.95. The van der Waals surface area contributed by atoms with Crippen molar-refractivity contribution in [2.75, 3.05) is 5.32 Å². The quantitative estimate of drug-likeness (QED) is 0.414. The first kappa shape index (κ1) is 22.0. The Morgan fingerprint density at radius 2 is 2.00 bits per heavy atom. The van der Waals surface area contributed by atoms with E-state index in [0.717, 1.165) is 0 Å². The number of amides is 1. The van der Waals surface area contributed by atoms with Gasteiger partial charge in [0.15, 0.2) is 11.6 Å². The molecule has 11 nitrogen and oxygen atoms in total. The zero-order valence-electron chi connectivity index (χ0n) is 18.2. The molecule has 11 heteroatoms. The highest BCUT2D eigenvalue weighted by atomic mass is 16.5. The molecular formula is C22H22N6O5. The van der Waals surface area contributed by atoms with E-state index in [9.17, 15) is 4.79 Å². The van der Waals surface area contributed by atoms with Crippen LogP contribution in [0.5, 0.6) is 17.2 Å². The van der Waals surface area contributed by atoms with Crippen LogP contribution in [0.4, 0.5) is 5.82 Å². The number of carbonyl (C=O) groups excluding carboxylic acids is 1. The van der Waals surface area contributed by atoms with Crippen LogP contribution in [0.2, 0.25) is 0 Å². The zero-order chi connectivity index (χ0) is 23.4. The summed E-state index contributed by atoms with van der Waals surface area (Å²) in [7, 11) is 1.77. The fourth-order valence-corrected chi connectivity index (χ4v) is 2.90. The Balaban J connectivity index is 1.55. The lowest BCUT2D eigenvalue weighted by Gasteiger charge is -2.14. The normalized spacial score (nSPS) is 10.9. The van der Waals surface area contributed by atoms with Gasteiger partial charge in [-0.2, -0.15) is 10.1 Å². The minimum Gasteiger partial charge on any atom is -0.491 e. The van der Waals surface area contributed by atoms with Gasteiger partial charge in [-0.1, -0.05) is 5.16 Å². The fourth-order valence-electron chi connectivity index (χ4n) is 2.90. The molecule has 0 unspecified atom stereocenters. The third-order valence-electron chi connectivity index (χ3n) is 4.27. The smallest absolute Gasteiger partial charge is 0.276 e. The molecule has 4 rings (SSSR count). The van der Waals surface area contributed by atoms with Gasteiger partial charge in [-0.25, -0.2) is 4.98 Å². The molecule has 3 aromatic heterocycles. The van der Waals surface area contributed by atoms with Gasteiger partial charge in [0.1, 0.15) is 29.5 Å². The predicted molar refractivity (Wildman–Crippen MR) is 117 cm³/mol. The second kappa shape index (κ2) is 9.49. The highest BCUT2D eigenvalue weighted by Crippen LogP contribution is 2.29. The molecule has 0 atom stereocenters. The molecule has 3 heterocycles. The van der Waals surface area contributed by atoms with E-state index in [2.05, 4.69) is 25.5 Å². The molecule has 0 bridgehead atoms. The first-order chi connectivity index (χ1) is 15.9.